The summed E-state index contributed by atoms with van der Waals surface area (Å²) < 4.78 is 0. The number of hydrogen-bond donors (Lipinski definition) is 2. The van der Waals surface area contributed by atoms with Gasteiger partial charge in [-0.15, -0.1) is 0 Å². The monoisotopic (exact) mass is 256 g/mol. The average Bonchev–Trinajstić information content (AvgIpc) is 1.93. The highest BCUT2D eigenvalue weighted by atomic mass is 35.5. The van der Waals surface area contributed by atoms with Crippen LogP contribution in [0.2, 0.25) is 5.15 Å². The van der Waals surface area contributed by atoms with E-state index in [0.29, 0.717) is 11.0 Å². The quantitative estimate of drug-likeness (QED) is 0.815. The average molecular weight is 257 g/mol. The number of nitrogens with two attached hydrogens (primary N) is 1. The van der Waals surface area contributed by atoms with Crippen LogP contribution in [0.5, 0.6) is 0 Å². The number of nitrogen functional groups attached to an aromatic ring is 1. The van der Waals surface area contributed by atoms with Crippen molar-refractivity contribution in [3.05, 3.63) is 11.2 Å². The molecule has 17 heavy (non-hydrogen) atoms. The Labute approximate surface area is 108 Å². The molecule has 0 aliphatic carbocycles. The van der Waals surface area contributed by atoms with Gasteiger partial charge in [0.05, 0.1) is 0 Å². The molecule has 0 atom stereocenters. The molecule has 1 heterocycles. The molecule has 0 aliphatic heterocycles. The van der Waals surface area contributed by atoms with Crippen molar-refractivity contribution < 1.29 is 0 Å². The highest BCUT2D eigenvalue weighted by molar-refractivity contribution is 6.29. The minimum atomic E-state index is -0.0810. The van der Waals surface area contributed by atoms with Crippen LogP contribution in [0, 0.1) is 5.41 Å². The minimum Gasteiger partial charge on any atom is -0.368 e. The second-order valence-electron chi connectivity index (χ2n) is 6.18. The predicted molar refractivity (Wildman–Crippen MR) is 73.2 cm³/mol. The van der Waals surface area contributed by atoms with Crippen molar-refractivity contribution in [1.29, 1.82) is 0 Å². The Morgan fingerprint density at radius 2 is 1.82 bits per heavy atom. The fourth-order valence-corrected chi connectivity index (χ4v) is 2.41. The first kappa shape index (κ1) is 14.0. The predicted octanol–water partition coefficient (Wildman–Crippen LogP) is 3.34. The molecule has 0 saturated carbocycles. The van der Waals surface area contributed by atoms with Gasteiger partial charge in [-0.05, 0) is 25.7 Å². The number of anilines is 2. The Hall–Kier alpha value is -1.03. The van der Waals surface area contributed by atoms with E-state index in [1.54, 1.807) is 6.07 Å². The highest BCUT2D eigenvalue weighted by Crippen LogP contribution is 2.29. The zero-order valence-electron chi connectivity index (χ0n) is 11.1. The van der Waals surface area contributed by atoms with Crippen molar-refractivity contribution in [3.63, 3.8) is 0 Å². The van der Waals surface area contributed by atoms with Gasteiger partial charge in [0.15, 0.2) is 0 Å². The lowest BCUT2D eigenvalue weighted by Crippen LogP contribution is -2.35. The van der Waals surface area contributed by atoms with Crippen LogP contribution in [0.4, 0.5) is 11.8 Å². The lowest BCUT2D eigenvalue weighted by Gasteiger charge is -2.33. The fourth-order valence-electron chi connectivity index (χ4n) is 2.22. The molecule has 0 spiro atoms. The van der Waals surface area contributed by atoms with Crippen LogP contribution >= 0.6 is 11.6 Å². The van der Waals surface area contributed by atoms with Crippen LogP contribution < -0.4 is 11.1 Å². The summed E-state index contributed by atoms with van der Waals surface area (Å²) in [6.45, 7) is 10.9. The van der Waals surface area contributed by atoms with Gasteiger partial charge >= 0.3 is 0 Å². The van der Waals surface area contributed by atoms with E-state index in [0.717, 1.165) is 6.42 Å². The largest absolute Gasteiger partial charge is 0.368 e. The van der Waals surface area contributed by atoms with E-state index in [1.165, 1.54) is 0 Å². The lowest BCUT2D eigenvalue weighted by molar-refractivity contribution is 0.302. The Kier molecular flexibility index (Phi) is 3.87. The Balaban J connectivity index is 2.82. The van der Waals surface area contributed by atoms with Gasteiger partial charge in [-0.1, -0.05) is 32.4 Å². The molecule has 96 valence electrons. The summed E-state index contributed by atoms with van der Waals surface area (Å²) in [6, 6.07) is 1.68. The SMILES string of the molecule is CC(C)(C)CC(C)(C)Nc1cc(Cl)nc(N)n1. The Bertz CT molecular complexity index is 376. The molecule has 1 aromatic heterocycles. The van der Waals surface area contributed by atoms with Gasteiger partial charge in [0.1, 0.15) is 11.0 Å². The normalized spacial score (nSPS) is 12.6. The number of rotatable bonds is 3. The van der Waals surface area contributed by atoms with Gasteiger partial charge in [-0.2, -0.15) is 4.98 Å². The zero-order chi connectivity index (χ0) is 13.3. The van der Waals surface area contributed by atoms with Crippen molar-refractivity contribution in [2.24, 2.45) is 5.41 Å². The Morgan fingerprint density at radius 1 is 1.24 bits per heavy atom. The van der Waals surface area contributed by atoms with Crippen molar-refractivity contribution in [1.82, 2.24) is 9.97 Å². The lowest BCUT2D eigenvalue weighted by atomic mass is 9.82. The summed E-state index contributed by atoms with van der Waals surface area (Å²) in [5.41, 5.74) is 5.71. The van der Waals surface area contributed by atoms with Gasteiger partial charge in [0, 0.05) is 11.6 Å². The van der Waals surface area contributed by atoms with Gasteiger partial charge in [0.25, 0.3) is 0 Å². The summed E-state index contributed by atoms with van der Waals surface area (Å²) >= 11 is 5.84. The number of nitrogens with one attached hydrogen (secondary N) is 1. The summed E-state index contributed by atoms with van der Waals surface area (Å²) in [7, 11) is 0. The summed E-state index contributed by atoms with van der Waals surface area (Å²) in [5, 5.41) is 3.69. The Morgan fingerprint density at radius 3 is 2.29 bits per heavy atom. The summed E-state index contributed by atoms with van der Waals surface area (Å²) in [5.74, 6) is 0.850. The molecule has 0 saturated heterocycles. The van der Waals surface area contributed by atoms with Crippen LogP contribution in [-0.2, 0) is 0 Å². The van der Waals surface area contributed by atoms with E-state index in [9.17, 15) is 0 Å². The molecule has 0 aromatic carbocycles. The topological polar surface area (TPSA) is 63.8 Å². The fraction of sp³-hybridized carbons (Fsp3) is 0.667. The van der Waals surface area contributed by atoms with Gasteiger partial charge in [0.2, 0.25) is 5.95 Å². The van der Waals surface area contributed by atoms with E-state index in [4.69, 9.17) is 17.3 Å². The molecule has 0 amide bonds. The molecule has 0 fully saturated rings. The third-order valence-electron chi connectivity index (χ3n) is 2.15. The van der Waals surface area contributed by atoms with E-state index < -0.39 is 0 Å². The molecule has 0 unspecified atom stereocenters. The van der Waals surface area contributed by atoms with Gasteiger partial charge in [-0.3, -0.25) is 0 Å². The maximum Gasteiger partial charge on any atom is 0.223 e. The van der Waals surface area contributed by atoms with Crippen molar-refractivity contribution >= 4 is 23.4 Å². The molecule has 0 radical (unpaired) electrons. The smallest absolute Gasteiger partial charge is 0.223 e. The standard InChI is InChI=1S/C12H21ClN4/c1-11(2,3)7-12(4,5)17-9-6-8(13)15-10(14)16-9/h6H,7H2,1-5H3,(H3,14,15,16,17). The third kappa shape index (κ3) is 5.22. The molecule has 4 nitrogen and oxygen atoms in total. The molecule has 0 bridgehead atoms. The van der Waals surface area contributed by atoms with Crippen LogP contribution in [0.3, 0.4) is 0 Å². The first-order valence-electron chi connectivity index (χ1n) is 5.66. The van der Waals surface area contributed by atoms with Crippen LogP contribution in [0.15, 0.2) is 6.07 Å². The number of halogens is 1. The van der Waals surface area contributed by atoms with Crippen LogP contribution in [0.1, 0.15) is 41.0 Å². The first-order chi connectivity index (χ1) is 7.57. The van der Waals surface area contributed by atoms with E-state index in [1.807, 2.05) is 0 Å². The second kappa shape index (κ2) is 4.69. The van der Waals surface area contributed by atoms with Gasteiger partial charge < -0.3 is 11.1 Å². The highest BCUT2D eigenvalue weighted by Gasteiger charge is 2.25. The molecule has 5 heteroatoms. The number of hydrogen-bond acceptors (Lipinski definition) is 4. The van der Waals surface area contributed by atoms with Crippen molar-refractivity contribution in [2.75, 3.05) is 11.1 Å². The van der Waals surface area contributed by atoms with Crippen LogP contribution in [-0.4, -0.2) is 15.5 Å². The third-order valence-corrected chi connectivity index (χ3v) is 2.34. The summed E-state index contributed by atoms with van der Waals surface area (Å²) in [6.07, 6.45) is 1.00. The molecular formula is C12H21ClN4. The van der Waals surface area contributed by atoms with Gasteiger partial charge in [-0.25, -0.2) is 4.98 Å². The van der Waals surface area contributed by atoms with Crippen molar-refractivity contribution in [2.45, 2.75) is 46.6 Å². The molecule has 0 aliphatic rings. The minimum absolute atomic E-state index is 0.0810. The second-order valence-corrected chi connectivity index (χ2v) is 6.57. The molecular weight excluding hydrogens is 236 g/mol. The zero-order valence-corrected chi connectivity index (χ0v) is 11.9. The van der Waals surface area contributed by atoms with E-state index >= 15 is 0 Å². The molecule has 1 rings (SSSR count). The van der Waals surface area contributed by atoms with E-state index in [-0.39, 0.29) is 16.9 Å². The maximum absolute atomic E-state index is 5.84. The van der Waals surface area contributed by atoms with E-state index in [2.05, 4.69) is 49.9 Å². The first-order valence-corrected chi connectivity index (χ1v) is 6.03. The maximum atomic E-state index is 5.84. The summed E-state index contributed by atoms with van der Waals surface area (Å²) in [4.78, 5) is 7.95. The number of aromatic nitrogens is 2. The van der Waals surface area contributed by atoms with Crippen LogP contribution in [0.25, 0.3) is 0 Å². The molecule has 3 N–H and O–H groups in total. The molecule has 1 aromatic rings. The number of nitrogens with zero attached hydrogens (tertiary/aromatic N) is 2. The van der Waals surface area contributed by atoms with Crippen molar-refractivity contribution in [3.8, 4) is 0 Å².